The Labute approximate surface area is 152 Å². The van der Waals surface area contributed by atoms with Crippen LogP contribution in [0, 0.1) is 17.8 Å². The van der Waals surface area contributed by atoms with Crippen molar-refractivity contribution in [2.75, 3.05) is 26.4 Å². The van der Waals surface area contributed by atoms with E-state index >= 15 is 0 Å². The van der Waals surface area contributed by atoms with Crippen LogP contribution in [0.4, 0.5) is 0 Å². The molecule has 1 aromatic heterocycles. The van der Waals surface area contributed by atoms with E-state index < -0.39 is 0 Å². The predicted octanol–water partition coefficient (Wildman–Crippen LogP) is 2.60. The smallest absolute Gasteiger partial charge is 0.252 e. The molecule has 0 radical (unpaired) electrons. The van der Waals surface area contributed by atoms with Crippen LogP contribution in [0.5, 0.6) is 5.75 Å². The number of ether oxygens (including phenoxy) is 3. The highest BCUT2D eigenvalue weighted by molar-refractivity contribution is 5.61. The second-order valence-corrected chi connectivity index (χ2v) is 6.59. The summed E-state index contributed by atoms with van der Waals surface area (Å²) in [5.41, 5.74) is 2.43. The summed E-state index contributed by atoms with van der Waals surface area (Å²) in [6.07, 6.45) is 2.34. The van der Waals surface area contributed by atoms with Crippen molar-refractivity contribution < 1.29 is 14.2 Å². The molecule has 5 nitrogen and oxygen atoms in total. The maximum Gasteiger partial charge on any atom is 0.252 e. The van der Waals surface area contributed by atoms with Crippen LogP contribution in [0.1, 0.15) is 18.4 Å². The topological polar surface area (TPSA) is 60.6 Å². The van der Waals surface area contributed by atoms with Crippen molar-refractivity contribution in [2.45, 2.75) is 18.9 Å². The van der Waals surface area contributed by atoms with Gasteiger partial charge in [0, 0.05) is 23.6 Å². The van der Waals surface area contributed by atoms with Crippen LogP contribution in [-0.2, 0) is 9.47 Å². The van der Waals surface area contributed by atoms with Crippen LogP contribution in [0.15, 0.2) is 41.2 Å². The molecule has 0 amide bonds. The molecule has 5 heteroatoms. The Hall–Kier alpha value is -2.55. The first-order chi connectivity index (χ1) is 12.8. The monoisotopic (exact) mass is 351 g/mol. The first kappa shape index (κ1) is 16.9. The van der Waals surface area contributed by atoms with Crippen molar-refractivity contribution in [2.24, 2.45) is 5.92 Å². The Bertz CT molecular complexity index is 865. The number of rotatable bonds is 4. The number of benzene rings is 1. The number of hydrogen-bond acceptors (Lipinski definition) is 4. The number of nitrogens with one attached hydrogen (secondary N) is 1. The third kappa shape index (κ3) is 4.54. The molecule has 0 spiro atoms. The lowest BCUT2D eigenvalue weighted by molar-refractivity contribution is -0.101. The average Bonchev–Trinajstić information content (AvgIpc) is 3.50. The van der Waals surface area contributed by atoms with Crippen LogP contribution >= 0.6 is 0 Å². The fourth-order valence-corrected chi connectivity index (χ4v) is 2.73. The Balaban J connectivity index is 1.46. The number of aromatic nitrogens is 1. The molecule has 1 aromatic carbocycles. The lowest BCUT2D eigenvalue weighted by Gasteiger charge is -2.22. The van der Waals surface area contributed by atoms with Gasteiger partial charge in [0.2, 0.25) is 0 Å². The van der Waals surface area contributed by atoms with Crippen LogP contribution in [-0.4, -0.2) is 37.5 Å². The lowest BCUT2D eigenvalue weighted by atomic mass is 10.1. The molecule has 1 N–H and O–H groups in total. The summed E-state index contributed by atoms with van der Waals surface area (Å²) >= 11 is 0. The first-order valence-corrected chi connectivity index (χ1v) is 8.95. The molecule has 0 bridgehead atoms. The van der Waals surface area contributed by atoms with Gasteiger partial charge < -0.3 is 19.2 Å². The zero-order valence-electron chi connectivity index (χ0n) is 14.5. The van der Waals surface area contributed by atoms with E-state index in [4.69, 9.17) is 14.2 Å². The molecule has 26 heavy (non-hydrogen) atoms. The van der Waals surface area contributed by atoms with E-state index in [2.05, 4.69) is 16.8 Å². The summed E-state index contributed by atoms with van der Waals surface area (Å²) in [6, 6.07) is 11.2. The SMILES string of the molecule is O=c1cc(OCC2COCCO2)cc(-c2ccc(C#CC3CC3)cc2)[nH]1. The highest BCUT2D eigenvalue weighted by Gasteiger charge is 2.17. The van der Waals surface area contributed by atoms with E-state index in [0.29, 0.717) is 38.1 Å². The van der Waals surface area contributed by atoms with Gasteiger partial charge in [-0.25, -0.2) is 0 Å². The molecule has 134 valence electrons. The second-order valence-electron chi connectivity index (χ2n) is 6.59. The van der Waals surface area contributed by atoms with Gasteiger partial charge in [-0.2, -0.15) is 0 Å². The summed E-state index contributed by atoms with van der Waals surface area (Å²) in [5, 5.41) is 0. The fourth-order valence-electron chi connectivity index (χ4n) is 2.73. The van der Waals surface area contributed by atoms with Crippen molar-refractivity contribution in [1.82, 2.24) is 4.98 Å². The highest BCUT2D eigenvalue weighted by Crippen LogP contribution is 2.27. The second kappa shape index (κ2) is 7.77. The van der Waals surface area contributed by atoms with Gasteiger partial charge in [0.25, 0.3) is 5.56 Å². The van der Waals surface area contributed by atoms with Crippen LogP contribution in [0.3, 0.4) is 0 Å². The first-order valence-electron chi connectivity index (χ1n) is 8.95. The molecule has 2 fully saturated rings. The lowest BCUT2D eigenvalue weighted by Crippen LogP contribution is -2.33. The van der Waals surface area contributed by atoms with Gasteiger partial charge in [-0.15, -0.1) is 0 Å². The van der Waals surface area contributed by atoms with E-state index in [9.17, 15) is 4.79 Å². The van der Waals surface area contributed by atoms with Crippen LogP contribution in [0.25, 0.3) is 11.3 Å². The highest BCUT2D eigenvalue weighted by atomic mass is 16.6. The van der Waals surface area contributed by atoms with Crippen molar-refractivity contribution in [3.63, 3.8) is 0 Å². The molecular formula is C21H21NO4. The van der Waals surface area contributed by atoms with Crippen molar-refractivity contribution in [3.05, 3.63) is 52.3 Å². The normalized spacial score (nSPS) is 19.5. The van der Waals surface area contributed by atoms with Gasteiger partial charge in [-0.1, -0.05) is 24.0 Å². The standard InChI is InChI=1S/C21H21NO4/c23-21-12-18(26-14-19-13-24-9-10-25-19)11-20(22-21)17-7-5-16(6-8-17)4-3-15-1-2-15/h5-8,11-12,15,19H,1-2,9-10,13-14H2,(H,22,23). The molecule has 2 heterocycles. The summed E-state index contributed by atoms with van der Waals surface area (Å²) in [5.74, 6) is 7.55. The maximum absolute atomic E-state index is 12.0. The average molecular weight is 351 g/mol. The van der Waals surface area contributed by atoms with Gasteiger partial charge >= 0.3 is 0 Å². The Morgan fingerprint density at radius 3 is 2.73 bits per heavy atom. The number of H-pyrrole nitrogens is 1. The molecule has 1 saturated heterocycles. The van der Waals surface area contributed by atoms with E-state index in [-0.39, 0.29) is 11.7 Å². The number of hydrogen-bond donors (Lipinski definition) is 1. The minimum absolute atomic E-state index is 0.101. The Morgan fingerprint density at radius 2 is 2.00 bits per heavy atom. The van der Waals surface area contributed by atoms with Crippen molar-refractivity contribution >= 4 is 0 Å². The summed E-state index contributed by atoms with van der Waals surface area (Å²) in [6.45, 7) is 2.06. The summed E-state index contributed by atoms with van der Waals surface area (Å²) in [4.78, 5) is 14.8. The van der Waals surface area contributed by atoms with Gasteiger partial charge in [-0.05, 0) is 30.5 Å². The Morgan fingerprint density at radius 1 is 1.15 bits per heavy atom. The van der Waals surface area contributed by atoms with Crippen LogP contribution < -0.4 is 10.3 Å². The van der Waals surface area contributed by atoms with Crippen molar-refractivity contribution in [3.8, 4) is 28.8 Å². The molecule has 2 aromatic rings. The van der Waals surface area contributed by atoms with E-state index in [1.165, 1.54) is 18.9 Å². The molecule has 1 unspecified atom stereocenters. The van der Waals surface area contributed by atoms with Gasteiger partial charge in [0.05, 0.1) is 25.5 Å². The van der Waals surface area contributed by atoms with E-state index in [1.807, 2.05) is 30.3 Å². The molecule has 1 saturated carbocycles. The minimum atomic E-state index is -0.198. The third-order valence-electron chi connectivity index (χ3n) is 4.33. The molecule has 4 rings (SSSR count). The predicted molar refractivity (Wildman–Crippen MR) is 98.2 cm³/mol. The van der Waals surface area contributed by atoms with E-state index in [0.717, 1.165) is 16.8 Å². The summed E-state index contributed by atoms with van der Waals surface area (Å²) < 4.78 is 16.6. The number of aromatic amines is 1. The molecular weight excluding hydrogens is 330 g/mol. The molecule has 1 aliphatic heterocycles. The largest absolute Gasteiger partial charge is 0.491 e. The van der Waals surface area contributed by atoms with Gasteiger partial charge in [-0.3, -0.25) is 4.79 Å². The summed E-state index contributed by atoms with van der Waals surface area (Å²) in [7, 11) is 0. The van der Waals surface area contributed by atoms with Crippen molar-refractivity contribution in [1.29, 1.82) is 0 Å². The minimum Gasteiger partial charge on any atom is -0.491 e. The van der Waals surface area contributed by atoms with Gasteiger partial charge in [0.15, 0.2) is 0 Å². The zero-order chi connectivity index (χ0) is 17.8. The number of pyridine rings is 1. The molecule has 1 atom stereocenters. The molecule has 2 aliphatic rings. The quantitative estimate of drug-likeness (QED) is 0.860. The fraction of sp³-hybridized carbons (Fsp3) is 0.381. The Kier molecular flexibility index (Phi) is 5.05. The van der Waals surface area contributed by atoms with E-state index in [1.54, 1.807) is 0 Å². The molecule has 1 aliphatic carbocycles. The third-order valence-corrected chi connectivity index (χ3v) is 4.33. The zero-order valence-corrected chi connectivity index (χ0v) is 14.5. The van der Waals surface area contributed by atoms with Crippen LogP contribution in [0.2, 0.25) is 0 Å². The van der Waals surface area contributed by atoms with Gasteiger partial charge in [0.1, 0.15) is 18.5 Å². The maximum atomic E-state index is 12.0.